The van der Waals surface area contributed by atoms with E-state index in [2.05, 4.69) is 4.98 Å². The third kappa shape index (κ3) is 4.17. The number of hydrogen-bond acceptors (Lipinski definition) is 7. The van der Waals surface area contributed by atoms with E-state index in [1.165, 1.54) is 29.4 Å². The summed E-state index contributed by atoms with van der Waals surface area (Å²) >= 11 is 0. The number of ether oxygens (including phenoxy) is 2. The van der Waals surface area contributed by atoms with Crippen LogP contribution in [-0.2, 0) is 16.1 Å². The number of amides is 2. The Morgan fingerprint density at radius 2 is 1.91 bits per heavy atom. The number of imide groups is 1. The highest BCUT2D eigenvalue weighted by molar-refractivity contribution is 6.22. The number of carbonyl (C=O) groups excluding carboxylic acids is 3. The third-order valence-electron chi connectivity index (χ3n) is 5.82. The molecule has 0 N–H and O–H groups in total. The second-order valence-electron chi connectivity index (χ2n) is 8.20. The van der Waals surface area contributed by atoms with Crippen LogP contribution in [-0.4, -0.2) is 46.9 Å². The van der Waals surface area contributed by atoms with Gasteiger partial charge in [0.2, 0.25) is 5.89 Å². The van der Waals surface area contributed by atoms with Gasteiger partial charge < -0.3 is 13.9 Å². The average molecular weight is 446 g/mol. The number of fused-ring (bicyclic) bond motifs is 1. The standard InChI is InChI=1S/C25H22N2O6/c1-15-4-6-16(7-5-15)22-26-18(13-32-22)14-33-25(30)17-8-9-20-21(11-17)24(29)27(23(20)28)12-19-3-2-10-31-19/h4-9,11,13,19H,2-3,10,12,14H2,1H3. The number of benzene rings is 2. The van der Waals surface area contributed by atoms with Crippen LogP contribution < -0.4 is 0 Å². The molecule has 3 heterocycles. The van der Waals surface area contributed by atoms with E-state index in [4.69, 9.17) is 13.9 Å². The third-order valence-corrected chi connectivity index (χ3v) is 5.82. The maximum absolute atomic E-state index is 12.8. The summed E-state index contributed by atoms with van der Waals surface area (Å²) in [7, 11) is 0. The van der Waals surface area contributed by atoms with Gasteiger partial charge in [-0.25, -0.2) is 9.78 Å². The van der Waals surface area contributed by atoms with Gasteiger partial charge in [0.1, 0.15) is 18.6 Å². The fourth-order valence-corrected chi connectivity index (χ4v) is 4.00. The van der Waals surface area contributed by atoms with Crippen LogP contribution in [0.2, 0.25) is 0 Å². The summed E-state index contributed by atoms with van der Waals surface area (Å²) in [6, 6.07) is 12.1. The molecular formula is C25H22N2O6. The van der Waals surface area contributed by atoms with Crippen molar-refractivity contribution in [1.29, 1.82) is 0 Å². The Kier molecular flexibility index (Phi) is 5.51. The molecule has 0 radical (unpaired) electrons. The molecule has 2 aliphatic rings. The minimum absolute atomic E-state index is 0.0801. The SMILES string of the molecule is Cc1ccc(-c2nc(COC(=O)c3ccc4c(c3)C(=O)N(CC3CCCO3)C4=O)co2)cc1. The van der Waals surface area contributed by atoms with Crippen LogP contribution in [0.1, 0.15) is 55.2 Å². The van der Waals surface area contributed by atoms with Gasteiger partial charge in [-0.1, -0.05) is 17.7 Å². The fraction of sp³-hybridized carbons (Fsp3) is 0.280. The van der Waals surface area contributed by atoms with Crippen LogP contribution in [0, 0.1) is 6.92 Å². The van der Waals surface area contributed by atoms with Gasteiger partial charge in [-0.3, -0.25) is 14.5 Å². The van der Waals surface area contributed by atoms with Crippen molar-refractivity contribution in [3.05, 3.63) is 76.7 Å². The molecule has 33 heavy (non-hydrogen) atoms. The molecule has 1 saturated heterocycles. The number of aryl methyl sites for hydroxylation is 1. The van der Waals surface area contributed by atoms with Crippen molar-refractivity contribution in [1.82, 2.24) is 9.88 Å². The lowest BCUT2D eigenvalue weighted by Crippen LogP contribution is -2.36. The van der Waals surface area contributed by atoms with Crippen molar-refractivity contribution in [2.45, 2.75) is 32.5 Å². The Morgan fingerprint density at radius 3 is 2.67 bits per heavy atom. The van der Waals surface area contributed by atoms with Gasteiger partial charge in [0.25, 0.3) is 11.8 Å². The second kappa shape index (κ2) is 8.63. The predicted octanol–water partition coefficient (Wildman–Crippen LogP) is 3.78. The first-order valence-corrected chi connectivity index (χ1v) is 10.8. The first-order valence-electron chi connectivity index (χ1n) is 10.8. The van der Waals surface area contributed by atoms with Crippen molar-refractivity contribution >= 4 is 17.8 Å². The second-order valence-corrected chi connectivity index (χ2v) is 8.20. The number of hydrogen-bond donors (Lipinski definition) is 0. The van der Waals surface area contributed by atoms with Crippen molar-refractivity contribution < 1.29 is 28.3 Å². The van der Waals surface area contributed by atoms with Crippen LogP contribution in [0.3, 0.4) is 0 Å². The zero-order valence-electron chi connectivity index (χ0n) is 18.1. The number of carbonyl (C=O) groups is 3. The van der Waals surface area contributed by atoms with E-state index in [-0.39, 0.29) is 41.9 Å². The van der Waals surface area contributed by atoms with E-state index in [1.54, 1.807) is 0 Å². The molecule has 2 aromatic carbocycles. The Labute approximate surface area is 190 Å². The van der Waals surface area contributed by atoms with Gasteiger partial charge in [0, 0.05) is 12.2 Å². The summed E-state index contributed by atoms with van der Waals surface area (Å²) in [4.78, 5) is 43.5. The largest absolute Gasteiger partial charge is 0.455 e. The summed E-state index contributed by atoms with van der Waals surface area (Å²) in [5, 5.41) is 0. The smallest absolute Gasteiger partial charge is 0.338 e. The van der Waals surface area contributed by atoms with Gasteiger partial charge in [0.15, 0.2) is 0 Å². The molecule has 5 rings (SSSR count). The van der Waals surface area contributed by atoms with E-state index >= 15 is 0 Å². The van der Waals surface area contributed by atoms with E-state index in [1.807, 2.05) is 31.2 Å². The molecule has 2 amide bonds. The van der Waals surface area contributed by atoms with Crippen molar-refractivity contribution in [2.24, 2.45) is 0 Å². The molecule has 1 unspecified atom stereocenters. The molecule has 0 aliphatic carbocycles. The lowest BCUT2D eigenvalue weighted by Gasteiger charge is -2.17. The normalized spacial score (nSPS) is 17.5. The number of nitrogens with zero attached hydrogens (tertiary/aromatic N) is 2. The van der Waals surface area contributed by atoms with E-state index in [0.29, 0.717) is 18.2 Å². The molecule has 168 valence electrons. The van der Waals surface area contributed by atoms with Gasteiger partial charge in [-0.05, 0) is 50.1 Å². The van der Waals surface area contributed by atoms with Gasteiger partial charge >= 0.3 is 5.97 Å². The van der Waals surface area contributed by atoms with Crippen LogP contribution in [0.5, 0.6) is 0 Å². The van der Waals surface area contributed by atoms with Gasteiger partial charge in [-0.15, -0.1) is 0 Å². The van der Waals surface area contributed by atoms with E-state index in [9.17, 15) is 14.4 Å². The number of esters is 1. The number of aromatic nitrogens is 1. The summed E-state index contributed by atoms with van der Waals surface area (Å²) in [5.41, 5.74) is 3.10. The Hall–Kier alpha value is -3.78. The van der Waals surface area contributed by atoms with Crippen LogP contribution in [0.25, 0.3) is 11.5 Å². The van der Waals surface area contributed by atoms with Crippen molar-refractivity contribution in [2.75, 3.05) is 13.2 Å². The van der Waals surface area contributed by atoms with Crippen LogP contribution >= 0.6 is 0 Å². The average Bonchev–Trinajstić information content (AvgIpc) is 3.56. The van der Waals surface area contributed by atoms with Crippen LogP contribution in [0.4, 0.5) is 0 Å². The van der Waals surface area contributed by atoms with E-state index in [0.717, 1.165) is 24.0 Å². The molecule has 1 aromatic heterocycles. The summed E-state index contributed by atoms with van der Waals surface area (Å²) in [6.45, 7) is 2.78. The topological polar surface area (TPSA) is 98.9 Å². The lowest BCUT2D eigenvalue weighted by atomic mass is 10.1. The van der Waals surface area contributed by atoms with Gasteiger partial charge in [-0.2, -0.15) is 0 Å². The quantitative estimate of drug-likeness (QED) is 0.420. The zero-order chi connectivity index (χ0) is 22.9. The zero-order valence-corrected chi connectivity index (χ0v) is 18.1. The summed E-state index contributed by atoms with van der Waals surface area (Å²) < 4.78 is 16.4. The highest BCUT2D eigenvalue weighted by atomic mass is 16.5. The lowest BCUT2D eigenvalue weighted by molar-refractivity contribution is 0.0465. The van der Waals surface area contributed by atoms with Crippen LogP contribution in [0.15, 0.2) is 53.1 Å². The Balaban J connectivity index is 1.24. The molecule has 3 aromatic rings. The Morgan fingerprint density at radius 1 is 1.12 bits per heavy atom. The summed E-state index contributed by atoms with van der Waals surface area (Å²) in [6.07, 6.45) is 3.04. The first kappa shape index (κ1) is 21.1. The predicted molar refractivity (Wildman–Crippen MR) is 117 cm³/mol. The highest BCUT2D eigenvalue weighted by Crippen LogP contribution is 2.26. The Bertz CT molecular complexity index is 1220. The molecular weight excluding hydrogens is 424 g/mol. The minimum atomic E-state index is -0.615. The van der Waals surface area contributed by atoms with E-state index < -0.39 is 11.9 Å². The maximum Gasteiger partial charge on any atom is 0.338 e. The molecule has 1 atom stereocenters. The minimum Gasteiger partial charge on any atom is -0.455 e. The number of rotatable bonds is 6. The summed E-state index contributed by atoms with van der Waals surface area (Å²) in [5.74, 6) is -0.958. The molecule has 0 bridgehead atoms. The molecule has 1 fully saturated rings. The number of oxazole rings is 1. The molecule has 0 saturated carbocycles. The van der Waals surface area contributed by atoms with Gasteiger partial charge in [0.05, 0.1) is 29.3 Å². The van der Waals surface area contributed by atoms with Crippen molar-refractivity contribution in [3.8, 4) is 11.5 Å². The first-order chi connectivity index (χ1) is 16.0. The highest BCUT2D eigenvalue weighted by Gasteiger charge is 2.38. The molecule has 8 nitrogen and oxygen atoms in total. The molecule has 0 spiro atoms. The fourth-order valence-electron chi connectivity index (χ4n) is 4.00. The molecule has 8 heteroatoms. The monoisotopic (exact) mass is 446 g/mol. The maximum atomic E-state index is 12.8. The van der Waals surface area contributed by atoms with Crippen molar-refractivity contribution in [3.63, 3.8) is 0 Å². The molecule has 2 aliphatic heterocycles.